The van der Waals surface area contributed by atoms with Gasteiger partial charge in [-0.05, 0) is 63.2 Å². The Labute approximate surface area is 86.3 Å². The van der Waals surface area contributed by atoms with Gasteiger partial charge in [-0.3, -0.25) is 4.79 Å². The SMILES string of the molecule is O=C1C2CCC(CC2)C2CCC1CC2. The van der Waals surface area contributed by atoms with Crippen molar-refractivity contribution in [3.8, 4) is 0 Å². The predicted octanol–water partition coefficient (Wildman–Crippen LogP) is 3.18. The maximum atomic E-state index is 12.2. The number of carbonyl (C=O) groups is 1. The van der Waals surface area contributed by atoms with Crippen LogP contribution in [0.4, 0.5) is 0 Å². The van der Waals surface area contributed by atoms with E-state index in [2.05, 4.69) is 0 Å². The van der Waals surface area contributed by atoms with Crippen LogP contribution in [0.2, 0.25) is 0 Å². The molecule has 0 aromatic heterocycles. The molecule has 0 unspecified atom stereocenters. The molecule has 0 radical (unpaired) electrons. The third-order valence-electron chi connectivity index (χ3n) is 5.02. The fourth-order valence-electron chi connectivity index (χ4n) is 4.08. The van der Waals surface area contributed by atoms with E-state index < -0.39 is 0 Å². The minimum Gasteiger partial charge on any atom is -0.299 e. The summed E-state index contributed by atoms with van der Waals surface area (Å²) in [6.07, 6.45) is 10.3. The molecular formula is C13H20O. The Kier molecular flexibility index (Phi) is 2.14. The van der Waals surface area contributed by atoms with Crippen molar-refractivity contribution < 1.29 is 4.79 Å². The number of ketones is 1. The quantitative estimate of drug-likeness (QED) is 0.576. The van der Waals surface area contributed by atoms with Crippen LogP contribution >= 0.6 is 0 Å². The minimum absolute atomic E-state index is 0.466. The zero-order valence-corrected chi connectivity index (χ0v) is 8.87. The van der Waals surface area contributed by atoms with Crippen molar-refractivity contribution in [1.82, 2.24) is 0 Å². The molecule has 0 spiro atoms. The fraction of sp³-hybridized carbons (Fsp3) is 0.923. The van der Waals surface area contributed by atoms with Crippen molar-refractivity contribution >= 4 is 5.78 Å². The highest BCUT2D eigenvalue weighted by atomic mass is 16.1. The van der Waals surface area contributed by atoms with E-state index in [1.807, 2.05) is 0 Å². The molecule has 0 aromatic rings. The third-order valence-corrected chi connectivity index (χ3v) is 5.02. The predicted molar refractivity (Wildman–Crippen MR) is 55.9 cm³/mol. The van der Waals surface area contributed by atoms with Gasteiger partial charge < -0.3 is 0 Å². The van der Waals surface area contributed by atoms with E-state index >= 15 is 0 Å². The number of hydrogen-bond acceptors (Lipinski definition) is 1. The second kappa shape index (κ2) is 3.36. The molecule has 0 atom stereocenters. The Morgan fingerprint density at radius 1 is 0.643 bits per heavy atom. The summed E-state index contributed by atoms with van der Waals surface area (Å²) in [7, 11) is 0. The highest BCUT2D eigenvalue weighted by Gasteiger charge is 2.39. The molecule has 6 rings (SSSR count). The lowest BCUT2D eigenvalue weighted by Crippen LogP contribution is -2.25. The van der Waals surface area contributed by atoms with E-state index in [1.54, 1.807) is 0 Å². The molecule has 1 heteroatoms. The molecule has 6 aliphatic rings. The topological polar surface area (TPSA) is 17.1 Å². The lowest BCUT2D eigenvalue weighted by molar-refractivity contribution is -0.128. The normalized spacial score (nSPS) is 47.3. The van der Waals surface area contributed by atoms with Crippen LogP contribution in [0.1, 0.15) is 51.4 Å². The first-order valence-electron chi connectivity index (χ1n) is 6.38. The van der Waals surface area contributed by atoms with Crippen molar-refractivity contribution in [2.45, 2.75) is 51.4 Å². The summed E-state index contributed by atoms with van der Waals surface area (Å²) in [6, 6.07) is 0. The van der Waals surface area contributed by atoms with Gasteiger partial charge in [0.25, 0.3) is 0 Å². The van der Waals surface area contributed by atoms with Gasteiger partial charge in [-0.15, -0.1) is 0 Å². The largest absolute Gasteiger partial charge is 0.299 e. The zero-order chi connectivity index (χ0) is 9.54. The van der Waals surface area contributed by atoms with Gasteiger partial charge in [0.05, 0.1) is 0 Å². The van der Waals surface area contributed by atoms with Crippen LogP contribution in [0.3, 0.4) is 0 Å². The Bertz CT molecular complexity index is 206. The van der Waals surface area contributed by atoms with Crippen LogP contribution in [-0.2, 0) is 4.79 Å². The summed E-state index contributed by atoms with van der Waals surface area (Å²) in [4.78, 5) is 12.2. The van der Waals surface area contributed by atoms with Crippen molar-refractivity contribution in [3.63, 3.8) is 0 Å². The molecular weight excluding hydrogens is 172 g/mol. The van der Waals surface area contributed by atoms with Crippen molar-refractivity contribution in [2.24, 2.45) is 23.7 Å². The van der Waals surface area contributed by atoms with Crippen LogP contribution in [0.15, 0.2) is 0 Å². The highest BCUT2D eigenvalue weighted by molar-refractivity contribution is 5.83. The lowest BCUT2D eigenvalue weighted by Gasteiger charge is -2.32. The van der Waals surface area contributed by atoms with Crippen LogP contribution in [-0.4, -0.2) is 5.78 Å². The van der Waals surface area contributed by atoms with E-state index in [9.17, 15) is 4.79 Å². The molecule has 78 valence electrons. The number of Topliss-reactive ketones (excluding diaryl/α,β-unsaturated/α-hetero) is 1. The number of hydrogen-bond donors (Lipinski definition) is 0. The van der Waals surface area contributed by atoms with Gasteiger partial charge in [0.2, 0.25) is 0 Å². The Hall–Kier alpha value is -0.330. The van der Waals surface area contributed by atoms with Gasteiger partial charge in [-0.25, -0.2) is 0 Å². The Balaban J connectivity index is 1.90. The molecule has 0 saturated heterocycles. The molecule has 6 fully saturated rings. The molecule has 6 saturated carbocycles. The monoisotopic (exact) mass is 192 g/mol. The van der Waals surface area contributed by atoms with E-state index in [-0.39, 0.29) is 0 Å². The standard InChI is InChI=1S/C13H20O/c14-13-11-5-1-9(2-6-11)10-3-7-12(13)8-4-10/h9-12H,1-8H2. The summed E-state index contributed by atoms with van der Waals surface area (Å²) >= 11 is 0. The van der Waals surface area contributed by atoms with Gasteiger partial charge >= 0.3 is 0 Å². The second-order valence-corrected chi connectivity index (χ2v) is 5.63. The van der Waals surface area contributed by atoms with Crippen molar-refractivity contribution in [1.29, 1.82) is 0 Å². The van der Waals surface area contributed by atoms with Gasteiger partial charge in [-0.1, -0.05) is 0 Å². The molecule has 4 bridgehead atoms. The fourth-order valence-corrected chi connectivity index (χ4v) is 4.08. The van der Waals surface area contributed by atoms with Gasteiger partial charge in [0, 0.05) is 11.8 Å². The molecule has 6 aliphatic carbocycles. The minimum atomic E-state index is 0.466. The average Bonchev–Trinajstić information content (AvgIpc) is 2.42. The molecule has 14 heavy (non-hydrogen) atoms. The van der Waals surface area contributed by atoms with Crippen LogP contribution in [0, 0.1) is 23.7 Å². The van der Waals surface area contributed by atoms with Gasteiger partial charge in [0.15, 0.2) is 0 Å². The smallest absolute Gasteiger partial charge is 0.139 e. The molecule has 0 amide bonds. The summed E-state index contributed by atoms with van der Waals surface area (Å²) < 4.78 is 0. The highest BCUT2D eigenvalue weighted by Crippen LogP contribution is 2.45. The maximum Gasteiger partial charge on any atom is 0.139 e. The Morgan fingerprint density at radius 2 is 1.00 bits per heavy atom. The number of carbonyl (C=O) groups excluding carboxylic acids is 1. The van der Waals surface area contributed by atoms with E-state index in [0.717, 1.165) is 11.8 Å². The van der Waals surface area contributed by atoms with Gasteiger partial charge in [0.1, 0.15) is 5.78 Å². The van der Waals surface area contributed by atoms with E-state index in [1.165, 1.54) is 51.4 Å². The van der Waals surface area contributed by atoms with E-state index in [0.29, 0.717) is 17.6 Å². The number of rotatable bonds is 0. The summed E-state index contributed by atoms with van der Waals surface area (Å²) in [5.41, 5.74) is 0. The average molecular weight is 192 g/mol. The third kappa shape index (κ3) is 1.32. The summed E-state index contributed by atoms with van der Waals surface area (Å²) in [5.74, 6) is 3.54. The van der Waals surface area contributed by atoms with E-state index in [4.69, 9.17) is 0 Å². The molecule has 0 N–H and O–H groups in total. The van der Waals surface area contributed by atoms with Crippen LogP contribution < -0.4 is 0 Å². The van der Waals surface area contributed by atoms with Crippen molar-refractivity contribution in [3.05, 3.63) is 0 Å². The van der Waals surface area contributed by atoms with Crippen LogP contribution in [0.25, 0.3) is 0 Å². The van der Waals surface area contributed by atoms with Gasteiger partial charge in [-0.2, -0.15) is 0 Å². The first-order valence-corrected chi connectivity index (χ1v) is 6.38. The maximum absolute atomic E-state index is 12.2. The summed E-state index contributed by atoms with van der Waals surface area (Å²) in [6.45, 7) is 0. The molecule has 0 heterocycles. The first-order chi connectivity index (χ1) is 6.84. The second-order valence-electron chi connectivity index (χ2n) is 5.63. The molecule has 1 nitrogen and oxygen atoms in total. The first kappa shape index (κ1) is 8.94. The molecule has 0 aromatic carbocycles. The van der Waals surface area contributed by atoms with Crippen LogP contribution in [0.5, 0.6) is 0 Å². The lowest BCUT2D eigenvalue weighted by atomic mass is 9.73. The van der Waals surface area contributed by atoms with Crippen molar-refractivity contribution in [2.75, 3.05) is 0 Å². The molecule has 0 aliphatic heterocycles. The Morgan fingerprint density at radius 3 is 1.36 bits per heavy atom. The zero-order valence-electron chi connectivity index (χ0n) is 8.87. The summed E-state index contributed by atoms with van der Waals surface area (Å²) in [5, 5.41) is 0.